The summed E-state index contributed by atoms with van der Waals surface area (Å²) in [6.07, 6.45) is -12.5. The molecule has 2 aliphatic rings. The lowest BCUT2D eigenvalue weighted by Crippen LogP contribution is -2.60. The molecule has 0 spiro atoms. The largest absolute Gasteiger partial charge is 0.474 e. The quantitative estimate of drug-likeness (QED) is 0.454. The molecule has 0 saturated carbocycles. The first kappa shape index (κ1) is 28.7. The Hall–Kier alpha value is -3.31. The minimum Gasteiger partial charge on any atom is -0.474 e. The number of fused-ring (bicyclic) bond motifs is 2. The van der Waals surface area contributed by atoms with Crippen LogP contribution in [0.3, 0.4) is 0 Å². The standard InChI is InChI=1S/C24H22ClF6N5O3/c1-12-20(35-18-5-2-13(10-32)6-17(18)25)33-11-34-21(12)39-16-7-14-3-4-15(8-16)36(14)19(37)9-22(38,23(26,27)28)24(29,30)31/h2,5-6,11,14-16,38H,3-4,7-9H2,1H3,(H,33,34,35). The second-order valence-corrected chi connectivity index (χ2v) is 9.92. The third-order valence-electron chi connectivity index (χ3n) is 6.99. The van der Waals surface area contributed by atoms with Crippen LogP contribution in [0.5, 0.6) is 5.88 Å². The number of nitriles is 1. The molecule has 1 amide bonds. The molecule has 3 heterocycles. The number of piperidine rings is 1. The Bertz CT molecular complexity index is 1270. The van der Waals surface area contributed by atoms with E-state index in [1.54, 1.807) is 19.1 Å². The van der Waals surface area contributed by atoms with Gasteiger partial charge in [-0.3, -0.25) is 4.79 Å². The maximum Gasteiger partial charge on any atom is 0.426 e. The first-order valence-corrected chi connectivity index (χ1v) is 12.1. The molecule has 0 radical (unpaired) electrons. The first-order valence-electron chi connectivity index (χ1n) is 11.8. The molecule has 15 heteroatoms. The van der Waals surface area contributed by atoms with Crippen molar-refractivity contribution >= 4 is 29.0 Å². The molecule has 2 N–H and O–H groups in total. The molecule has 210 valence electrons. The summed E-state index contributed by atoms with van der Waals surface area (Å²) in [7, 11) is 0. The summed E-state index contributed by atoms with van der Waals surface area (Å²) in [6.45, 7) is 1.68. The zero-order valence-corrected chi connectivity index (χ0v) is 21.0. The molecule has 2 aliphatic heterocycles. The Labute approximate surface area is 223 Å². The number of carbonyl (C=O) groups is 1. The zero-order chi connectivity index (χ0) is 28.8. The number of ether oxygens (including phenoxy) is 1. The highest BCUT2D eigenvalue weighted by atomic mass is 35.5. The number of amides is 1. The van der Waals surface area contributed by atoms with Crippen molar-refractivity contribution in [2.24, 2.45) is 0 Å². The Morgan fingerprint density at radius 2 is 1.79 bits per heavy atom. The van der Waals surface area contributed by atoms with Crippen LogP contribution in [0.4, 0.5) is 37.8 Å². The summed E-state index contributed by atoms with van der Waals surface area (Å²) >= 11 is 6.21. The summed E-state index contributed by atoms with van der Waals surface area (Å²) < 4.78 is 84.7. The van der Waals surface area contributed by atoms with Gasteiger partial charge >= 0.3 is 12.4 Å². The smallest absolute Gasteiger partial charge is 0.426 e. The molecule has 0 aliphatic carbocycles. The van der Waals surface area contributed by atoms with Crippen LogP contribution in [0.25, 0.3) is 0 Å². The molecule has 1 aromatic carbocycles. The van der Waals surface area contributed by atoms with Crippen LogP contribution < -0.4 is 10.1 Å². The van der Waals surface area contributed by atoms with Gasteiger partial charge in [-0.15, -0.1) is 0 Å². The number of rotatable bonds is 6. The lowest BCUT2D eigenvalue weighted by Gasteiger charge is -2.41. The fourth-order valence-corrected chi connectivity index (χ4v) is 5.18. The van der Waals surface area contributed by atoms with E-state index in [0.29, 0.717) is 35.5 Å². The molecular formula is C24H22ClF6N5O3. The minimum atomic E-state index is -6.07. The number of alkyl halides is 6. The van der Waals surface area contributed by atoms with E-state index in [1.165, 1.54) is 12.4 Å². The normalized spacial score (nSPS) is 21.4. The predicted molar refractivity (Wildman–Crippen MR) is 125 cm³/mol. The number of carbonyl (C=O) groups excluding carboxylic acids is 1. The Morgan fingerprint density at radius 1 is 1.18 bits per heavy atom. The number of hydrogen-bond donors (Lipinski definition) is 2. The fourth-order valence-electron chi connectivity index (χ4n) is 4.95. The first-order chi connectivity index (χ1) is 18.1. The topological polar surface area (TPSA) is 111 Å². The number of halogens is 7. The van der Waals surface area contributed by atoms with Gasteiger partial charge in [0, 0.05) is 24.9 Å². The van der Waals surface area contributed by atoms with E-state index >= 15 is 0 Å². The van der Waals surface area contributed by atoms with Crippen molar-refractivity contribution in [2.75, 3.05) is 5.32 Å². The van der Waals surface area contributed by atoms with Crippen molar-refractivity contribution in [3.05, 3.63) is 40.7 Å². The van der Waals surface area contributed by atoms with Gasteiger partial charge in [0.1, 0.15) is 18.2 Å². The van der Waals surface area contributed by atoms with Gasteiger partial charge in [-0.2, -0.15) is 31.6 Å². The van der Waals surface area contributed by atoms with Crippen molar-refractivity contribution in [1.82, 2.24) is 14.9 Å². The number of nitrogens with one attached hydrogen (secondary N) is 1. The van der Waals surface area contributed by atoms with E-state index < -0.39 is 48.5 Å². The van der Waals surface area contributed by atoms with E-state index in [-0.39, 0.29) is 23.7 Å². The SMILES string of the molecule is Cc1c(Nc2ccc(C#N)cc2Cl)ncnc1OC1CC2CCC(C1)N2C(=O)CC(O)(C(F)(F)F)C(F)(F)F. The van der Waals surface area contributed by atoms with E-state index in [4.69, 9.17) is 21.6 Å². The maximum atomic E-state index is 13.1. The Balaban J connectivity index is 1.46. The van der Waals surface area contributed by atoms with E-state index in [2.05, 4.69) is 15.3 Å². The highest BCUT2D eigenvalue weighted by Crippen LogP contribution is 2.47. The summed E-state index contributed by atoms with van der Waals surface area (Å²) in [5.41, 5.74) is -3.78. The third-order valence-corrected chi connectivity index (χ3v) is 7.30. The third kappa shape index (κ3) is 5.56. The van der Waals surface area contributed by atoms with Crippen molar-refractivity contribution in [3.63, 3.8) is 0 Å². The zero-order valence-electron chi connectivity index (χ0n) is 20.3. The molecular weight excluding hydrogens is 556 g/mol. The number of nitrogens with zero attached hydrogens (tertiary/aromatic N) is 4. The molecule has 2 unspecified atom stereocenters. The Morgan fingerprint density at radius 3 is 2.33 bits per heavy atom. The molecule has 2 aromatic rings. The minimum absolute atomic E-state index is 0.159. The van der Waals surface area contributed by atoms with Crippen LogP contribution in [0.2, 0.25) is 5.02 Å². The molecule has 8 nitrogen and oxygen atoms in total. The number of aromatic nitrogens is 2. The molecule has 4 rings (SSSR count). The molecule has 2 atom stereocenters. The molecule has 2 fully saturated rings. The van der Waals surface area contributed by atoms with Gasteiger partial charge in [-0.25, -0.2) is 9.97 Å². The van der Waals surface area contributed by atoms with Crippen LogP contribution in [0.1, 0.15) is 43.2 Å². The fraction of sp³-hybridized carbons (Fsp3) is 0.500. The molecule has 2 saturated heterocycles. The van der Waals surface area contributed by atoms with E-state index in [9.17, 15) is 36.2 Å². The highest BCUT2D eigenvalue weighted by molar-refractivity contribution is 6.33. The highest BCUT2D eigenvalue weighted by Gasteiger charge is 2.71. The second-order valence-electron chi connectivity index (χ2n) is 9.51. The monoisotopic (exact) mass is 577 g/mol. The second kappa shape index (κ2) is 10.3. The van der Waals surface area contributed by atoms with Gasteiger partial charge in [0.05, 0.1) is 34.3 Å². The van der Waals surface area contributed by atoms with Crippen molar-refractivity contribution < 1.29 is 41.0 Å². The molecule has 1 aromatic heterocycles. The lowest BCUT2D eigenvalue weighted by molar-refractivity contribution is -0.367. The summed E-state index contributed by atoms with van der Waals surface area (Å²) in [5, 5.41) is 21.8. The Kier molecular flexibility index (Phi) is 7.61. The average Bonchev–Trinajstić information content (AvgIpc) is 3.11. The van der Waals surface area contributed by atoms with Crippen LogP contribution in [0.15, 0.2) is 24.5 Å². The molecule has 39 heavy (non-hydrogen) atoms. The van der Waals surface area contributed by atoms with Gasteiger partial charge in [-0.05, 0) is 38.0 Å². The van der Waals surface area contributed by atoms with E-state index in [1.807, 2.05) is 6.07 Å². The average molecular weight is 578 g/mol. The summed E-state index contributed by atoms with van der Waals surface area (Å²) in [6, 6.07) is 5.33. The number of aliphatic hydroxyl groups is 1. The summed E-state index contributed by atoms with van der Waals surface area (Å²) in [5.74, 6) is -0.854. The van der Waals surface area contributed by atoms with Crippen LogP contribution in [-0.4, -0.2) is 62.0 Å². The van der Waals surface area contributed by atoms with Gasteiger partial charge in [-0.1, -0.05) is 11.6 Å². The summed E-state index contributed by atoms with van der Waals surface area (Å²) in [4.78, 5) is 22.0. The maximum absolute atomic E-state index is 13.1. The van der Waals surface area contributed by atoms with Gasteiger partial charge in [0.15, 0.2) is 0 Å². The van der Waals surface area contributed by atoms with Crippen molar-refractivity contribution in [2.45, 2.75) is 75.2 Å². The van der Waals surface area contributed by atoms with Crippen LogP contribution in [-0.2, 0) is 4.79 Å². The molecule has 2 bridgehead atoms. The number of anilines is 2. The van der Waals surface area contributed by atoms with Crippen molar-refractivity contribution in [3.8, 4) is 11.9 Å². The van der Waals surface area contributed by atoms with E-state index in [0.717, 1.165) is 4.90 Å². The van der Waals surface area contributed by atoms with Crippen LogP contribution >= 0.6 is 11.6 Å². The van der Waals surface area contributed by atoms with Crippen molar-refractivity contribution in [1.29, 1.82) is 5.26 Å². The van der Waals surface area contributed by atoms with Gasteiger partial charge in [0.25, 0.3) is 5.60 Å². The van der Waals surface area contributed by atoms with Gasteiger partial charge in [0.2, 0.25) is 11.8 Å². The number of hydrogen-bond acceptors (Lipinski definition) is 7. The predicted octanol–water partition coefficient (Wildman–Crippen LogP) is 5.20. The van der Waals surface area contributed by atoms with Crippen LogP contribution in [0, 0.1) is 18.3 Å². The lowest BCUT2D eigenvalue weighted by atomic mass is 9.94. The number of benzene rings is 1. The van der Waals surface area contributed by atoms with Gasteiger partial charge < -0.3 is 20.1 Å².